The second kappa shape index (κ2) is 8.18. The molecule has 1 aromatic carbocycles. The number of nitrogens with one attached hydrogen (secondary N) is 1. The average molecular weight is 275 g/mol. The molecule has 0 heterocycles. The van der Waals surface area contributed by atoms with Gasteiger partial charge < -0.3 is 10.1 Å². The number of benzene rings is 1. The predicted octanol–water partition coefficient (Wildman–Crippen LogP) is 5.25. The molecule has 1 N–H and O–H groups in total. The predicted molar refractivity (Wildman–Crippen MR) is 86.5 cm³/mol. The van der Waals surface area contributed by atoms with Crippen molar-refractivity contribution in [2.45, 2.75) is 64.8 Å². The topological polar surface area (TPSA) is 21.3 Å². The van der Waals surface area contributed by atoms with E-state index in [0.717, 1.165) is 24.7 Å². The van der Waals surface area contributed by atoms with Crippen molar-refractivity contribution < 1.29 is 4.74 Å². The molecule has 0 bridgehead atoms. The molecular weight excluding hydrogens is 246 g/mol. The molecule has 2 rings (SSSR count). The van der Waals surface area contributed by atoms with Gasteiger partial charge in [-0.15, -0.1) is 0 Å². The smallest absolute Gasteiger partial charge is 0.121 e. The maximum atomic E-state index is 5.70. The molecule has 0 amide bonds. The summed E-state index contributed by atoms with van der Waals surface area (Å²) in [7, 11) is 0. The van der Waals surface area contributed by atoms with Gasteiger partial charge in [0.2, 0.25) is 0 Å². The Kier molecular flexibility index (Phi) is 6.23. The van der Waals surface area contributed by atoms with Crippen LogP contribution in [-0.4, -0.2) is 12.6 Å². The zero-order valence-electron chi connectivity index (χ0n) is 13.0. The van der Waals surface area contributed by atoms with E-state index in [1.165, 1.54) is 44.2 Å². The molecule has 2 heteroatoms. The fourth-order valence-electron chi connectivity index (χ4n) is 3.06. The molecule has 1 fully saturated rings. The van der Waals surface area contributed by atoms with Crippen molar-refractivity contribution in [3.63, 3.8) is 0 Å². The van der Waals surface area contributed by atoms with Crippen molar-refractivity contribution in [2.24, 2.45) is 5.92 Å². The number of hydrogen-bond donors (Lipinski definition) is 1. The van der Waals surface area contributed by atoms with Crippen molar-refractivity contribution in [1.29, 1.82) is 0 Å². The van der Waals surface area contributed by atoms with Gasteiger partial charge in [0, 0.05) is 17.8 Å². The summed E-state index contributed by atoms with van der Waals surface area (Å²) < 4.78 is 5.70. The normalized spacial score (nSPS) is 23.1. The van der Waals surface area contributed by atoms with Gasteiger partial charge in [0.05, 0.1) is 6.61 Å². The van der Waals surface area contributed by atoms with Crippen molar-refractivity contribution in [3.8, 4) is 5.75 Å². The van der Waals surface area contributed by atoms with Crippen LogP contribution in [0.3, 0.4) is 0 Å². The lowest BCUT2D eigenvalue weighted by Gasteiger charge is -2.18. The summed E-state index contributed by atoms with van der Waals surface area (Å²) in [5.41, 5.74) is 1.21. The van der Waals surface area contributed by atoms with Gasteiger partial charge in [0.1, 0.15) is 5.75 Å². The molecule has 0 saturated heterocycles. The van der Waals surface area contributed by atoms with E-state index in [-0.39, 0.29) is 0 Å². The van der Waals surface area contributed by atoms with E-state index in [2.05, 4.69) is 37.4 Å². The van der Waals surface area contributed by atoms with Crippen LogP contribution in [0.5, 0.6) is 5.75 Å². The van der Waals surface area contributed by atoms with Gasteiger partial charge in [-0.2, -0.15) is 0 Å². The molecule has 1 saturated carbocycles. The van der Waals surface area contributed by atoms with Crippen molar-refractivity contribution >= 4 is 5.69 Å². The summed E-state index contributed by atoms with van der Waals surface area (Å²) in [6.45, 7) is 5.26. The van der Waals surface area contributed by atoms with Crippen LogP contribution in [-0.2, 0) is 0 Å². The molecule has 20 heavy (non-hydrogen) atoms. The minimum absolute atomic E-state index is 0.632. The van der Waals surface area contributed by atoms with Gasteiger partial charge >= 0.3 is 0 Å². The van der Waals surface area contributed by atoms with Crippen LogP contribution >= 0.6 is 0 Å². The first-order valence-corrected chi connectivity index (χ1v) is 8.31. The Bertz CT molecular complexity index is 391. The van der Waals surface area contributed by atoms with Crippen molar-refractivity contribution in [3.05, 3.63) is 24.3 Å². The first kappa shape index (κ1) is 15.2. The van der Waals surface area contributed by atoms with Crippen LogP contribution in [0.4, 0.5) is 5.69 Å². The molecule has 0 aromatic heterocycles. The number of rotatable bonds is 6. The maximum Gasteiger partial charge on any atom is 0.121 e. The van der Waals surface area contributed by atoms with Gasteiger partial charge in [0.15, 0.2) is 0 Å². The molecule has 0 radical (unpaired) electrons. The highest BCUT2D eigenvalue weighted by Gasteiger charge is 2.17. The van der Waals surface area contributed by atoms with Crippen LogP contribution in [0.15, 0.2) is 24.3 Å². The van der Waals surface area contributed by atoms with Gasteiger partial charge in [0.25, 0.3) is 0 Å². The van der Waals surface area contributed by atoms with E-state index in [0.29, 0.717) is 6.04 Å². The van der Waals surface area contributed by atoms with E-state index >= 15 is 0 Å². The van der Waals surface area contributed by atoms with Crippen molar-refractivity contribution in [1.82, 2.24) is 0 Å². The second-order valence-corrected chi connectivity index (χ2v) is 6.00. The zero-order chi connectivity index (χ0) is 14.2. The molecule has 112 valence electrons. The van der Waals surface area contributed by atoms with Crippen LogP contribution in [0.25, 0.3) is 0 Å². The summed E-state index contributed by atoms with van der Waals surface area (Å²) in [5.74, 6) is 1.93. The SMILES string of the molecule is CCCOc1cccc(NC2CCCC(CC)CC2)c1. The summed E-state index contributed by atoms with van der Waals surface area (Å²) in [4.78, 5) is 0. The molecule has 0 aliphatic heterocycles. The fraction of sp³-hybridized carbons (Fsp3) is 0.667. The number of anilines is 1. The molecular formula is C18H29NO. The molecule has 1 aliphatic rings. The molecule has 1 aliphatic carbocycles. The Labute approximate surface area is 123 Å². The highest BCUT2D eigenvalue weighted by molar-refractivity contribution is 5.48. The number of ether oxygens (including phenoxy) is 1. The average Bonchev–Trinajstić information content (AvgIpc) is 2.71. The van der Waals surface area contributed by atoms with Gasteiger partial charge in [-0.3, -0.25) is 0 Å². The van der Waals surface area contributed by atoms with Crippen LogP contribution in [0.2, 0.25) is 0 Å². The minimum atomic E-state index is 0.632. The van der Waals surface area contributed by atoms with Crippen LogP contribution in [0, 0.1) is 5.92 Å². The lowest BCUT2D eigenvalue weighted by molar-refractivity contribution is 0.317. The molecule has 1 aromatic rings. The van der Waals surface area contributed by atoms with E-state index in [1.54, 1.807) is 0 Å². The second-order valence-electron chi connectivity index (χ2n) is 6.00. The lowest BCUT2D eigenvalue weighted by atomic mass is 9.98. The summed E-state index contributed by atoms with van der Waals surface area (Å²) >= 11 is 0. The van der Waals surface area contributed by atoms with Gasteiger partial charge in [-0.1, -0.05) is 39.2 Å². The Balaban J connectivity index is 1.88. The quantitative estimate of drug-likeness (QED) is 0.716. The largest absolute Gasteiger partial charge is 0.494 e. The maximum absolute atomic E-state index is 5.70. The summed E-state index contributed by atoms with van der Waals surface area (Å²) in [5, 5.41) is 3.70. The Morgan fingerprint density at radius 2 is 2.05 bits per heavy atom. The zero-order valence-corrected chi connectivity index (χ0v) is 13.0. The molecule has 2 unspecified atom stereocenters. The van der Waals surface area contributed by atoms with E-state index in [9.17, 15) is 0 Å². The standard InChI is InChI=1S/C18H29NO/c1-3-13-20-18-10-6-9-17(14-18)19-16-8-5-7-15(4-2)11-12-16/h6,9-10,14-16,19H,3-5,7-8,11-13H2,1-2H3. The van der Waals surface area contributed by atoms with Crippen LogP contribution in [0.1, 0.15) is 58.8 Å². The number of hydrogen-bond acceptors (Lipinski definition) is 2. The fourth-order valence-corrected chi connectivity index (χ4v) is 3.06. The molecule has 0 spiro atoms. The molecule has 2 atom stereocenters. The third kappa shape index (κ3) is 4.73. The Morgan fingerprint density at radius 1 is 1.15 bits per heavy atom. The lowest BCUT2D eigenvalue weighted by Crippen LogP contribution is -2.18. The Hall–Kier alpha value is -1.18. The minimum Gasteiger partial charge on any atom is -0.494 e. The molecule has 2 nitrogen and oxygen atoms in total. The van der Waals surface area contributed by atoms with E-state index in [1.807, 2.05) is 6.07 Å². The van der Waals surface area contributed by atoms with E-state index < -0.39 is 0 Å². The highest BCUT2D eigenvalue weighted by atomic mass is 16.5. The third-order valence-corrected chi connectivity index (χ3v) is 4.34. The summed E-state index contributed by atoms with van der Waals surface area (Å²) in [6.07, 6.45) is 9.15. The van der Waals surface area contributed by atoms with Crippen molar-refractivity contribution in [2.75, 3.05) is 11.9 Å². The monoisotopic (exact) mass is 275 g/mol. The van der Waals surface area contributed by atoms with Gasteiger partial charge in [-0.25, -0.2) is 0 Å². The first-order valence-electron chi connectivity index (χ1n) is 8.31. The van der Waals surface area contributed by atoms with Crippen LogP contribution < -0.4 is 10.1 Å². The highest BCUT2D eigenvalue weighted by Crippen LogP contribution is 2.28. The van der Waals surface area contributed by atoms with Gasteiger partial charge in [-0.05, 0) is 43.7 Å². The third-order valence-electron chi connectivity index (χ3n) is 4.34. The Morgan fingerprint density at radius 3 is 2.85 bits per heavy atom. The van der Waals surface area contributed by atoms with E-state index in [4.69, 9.17) is 4.74 Å². The summed E-state index contributed by atoms with van der Waals surface area (Å²) in [6, 6.07) is 9.05. The first-order chi connectivity index (χ1) is 9.81.